The molecular weight excluding hydrogens is 839 g/mol. The average molecular weight is 890 g/mol. The molecule has 69 heavy (non-hydrogen) atoms. The van der Waals surface area contributed by atoms with E-state index in [9.17, 15) is 0 Å². The fourth-order valence-electron chi connectivity index (χ4n) is 10.1. The van der Waals surface area contributed by atoms with Gasteiger partial charge in [0.15, 0.2) is 0 Å². The smallest absolute Gasteiger partial charge is 0.137 e. The molecule has 332 valence electrons. The van der Waals surface area contributed by atoms with Crippen LogP contribution in [0.25, 0.3) is 44.5 Å². The highest BCUT2D eigenvalue weighted by atomic mass is 15.4. The van der Waals surface area contributed by atoms with Crippen molar-refractivity contribution in [3.8, 4) is 44.5 Å². The van der Waals surface area contributed by atoms with Gasteiger partial charge in [0.05, 0.1) is 22.7 Å². The molecule has 0 amide bonds. The van der Waals surface area contributed by atoms with E-state index in [0.717, 1.165) is 73.4 Å². The molecule has 2 aliphatic rings. The van der Waals surface area contributed by atoms with Crippen molar-refractivity contribution in [1.82, 2.24) is 4.98 Å². The number of nitrogens with zero attached hydrogens (tertiary/aromatic N) is 5. The second-order valence-electron chi connectivity index (χ2n) is 18.9. The monoisotopic (exact) mass is 889 g/mol. The van der Waals surface area contributed by atoms with Gasteiger partial charge in [-0.15, -0.1) is 0 Å². The number of hydrogen-bond acceptors (Lipinski definition) is 5. The van der Waals surface area contributed by atoms with Crippen LogP contribution in [0, 0.1) is 0 Å². The van der Waals surface area contributed by atoms with E-state index in [1.165, 1.54) is 33.6 Å². The predicted octanol–water partition coefficient (Wildman–Crippen LogP) is 17.5. The minimum atomic E-state index is 0.0639. The summed E-state index contributed by atoms with van der Waals surface area (Å²) in [5.74, 6) is 0.848. The summed E-state index contributed by atoms with van der Waals surface area (Å²) in [6, 6.07) is 86.0. The summed E-state index contributed by atoms with van der Waals surface area (Å²) in [7, 11) is 0. The van der Waals surface area contributed by atoms with E-state index in [-0.39, 0.29) is 5.41 Å². The zero-order valence-electron chi connectivity index (χ0n) is 39.0. The van der Waals surface area contributed by atoms with Crippen molar-refractivity contribution in [3.63, 3.8) is 0 Å². The molecule has 0 bridgehead atoms. The molecule has 0 atom stereocenters. The summed E-state index contributed by atoms with van der Waals surface area (Å²) < 4.78 is 0. The lowest BCUT2D eigenvalue weighted by atomic mass is 9.86. The Bertz CT molecular complexity index is 3460. The number of rotatable bonds is 8. The van der Waals surface area contributed by atoms with Crippen molar-refractivity contribution in [1.29, 1.82) is 0 Å². The Labute approximate surface area is 405 Å². The van der Waals surface area contributed by atoms with E-state index < -0.39 is 0 Å². The molecule has 2 aliphatic heterocycles. The van der Waals surface area contributed by atoms with Gasteiger partial charge in [0.2, 0.25) is 0 Å². The van der Waals surface area contributed by atoms with E-state index in [1.807, 2.05) is 12.3 Å². The van der Waals surface area contributed by atoms with Gasteiger partial charge in [0.1, 0.15) is 12.5 Å². The first-order valence-electron chi connectivity index (χ1n) is 23.8. The third kappa shape index (κ3) is 7.68. The molecular formula is C64H51N5. The molecule has 1 aromatic heterocycles. The largest absolute Gasteiger partial charge is 0.321 e. The lowest BCUT2D eigenvalue weighted by Crippen LogP contribution is -2.24. The first-order valence-corrected chi connectivity index (χ1v) is 23.8. The highest BCUT2D eigenvalue weighted by Gasteiger charge is 2.31. The second-order valence-corrected chi connectivity index (χ2v) is 18.9. The molecule has 3 heterocycles. The zero-order valence-corrected chi connectivity index (χ0v) is 39.0. The number of hydrogen-bond donors (Lipinski definition) is 0. The van der Waals surface area contributed by atoms with Crippen LogP contribution in [0.1, 0.15) is 26.3 Å². The summed E-state index contributed by atoms with van der Waals surface area (Å²) in [6.07, 6.45) is 1.90. The van der Waals surface area contributed by atoms with Crippen molar-refractivity contribution in [2.24, 2.45) is 0 Å². The Morgan fingerprint density at radius 1 is 0.377 bits per heavy atom. The number of anilines is 10. The molecule has 0 saturated carbocycles. The first-order chi connectivity index (χ1) is 33.9. The third-order valence-electron chi connectivity index (χ3n) is 13.6. The number of para-hydroxylation sites is 4. The zero-order chi connectivity index (χ0) is 46.5. The predicted molar refractivity (Wildman–Crippen MR) is 290 cm³/mol. The van der Waals surface area contributed by atoms with Gasteiger partial charge < -0.3 is 14.7 Å². The number of pyridine rings is 1. The highest BCUT2D eigenvalue weighted by Crippen LogP contribution is 2.54. The highest BCUT2D eigenvalue weighted by molar-refractivity contribution is 6.04. The van der Waals surface area contributed by atoms with Gasteiger partial charge in [-0.3, -0.25) is 4.90 Å². The van der Waals surface area contributed by atoms with Gasteiger partial charge in [-0.25, -0.2) is 4.98 Å². The molecule has 9 aromatic carbocycles. The Balaban J connectivity index is 1.07. The molecule has 0 N–H and O–H groups in total. The SMILES string of the molecule is CC(C)(C)c1ccc(-c2ccc3c(c2)N(c2ccccn2)c2cc(N(c4ccccc4)c4cc(-c5ccccc5)cc(N5CN(c6ccccc6)c6ccccc65)c4)ccc2-c2ccccc2-3)cc1. The maximum absolute atomic E-state index is 5.09. The molecule has 0 radical (unpaired) electrons. The molecule has 10 aromatic rings. The van der Waals surface area contributed by atoms with Crippen molar-refractivity contribution in [3.05, 3.63) is 248 Å². The van der Waals surface area contributed by atoms with Gasteiger partial charge in [-0.1, -0.05) is 172 Å². The number of fused-ring (bicyclic) bond motifs is 6. The van der Waals surface area contributed by atoms with Crippen LogP contribution >= 0.6 is 0 Å². The lowest BCUT2D eigenvalue weighted by Gasteiger charge is -2.31. The van der Waals surface area contributed by atoms with E-state index >= 15 is 0 Å². The van der Waals surface area contributed by atoms with E-state index in [0.29, 0.717) is 6.67 Å². The molecule has 5 heteroatoms. The molecule has 12 rings (SSSR count). The second kappa shape index (κ2) is 17.2. The van der Waals surface area contributed by atoms with Crippen molar-refractivity contribution < 1.29 is 0 Å². The van der Waals surface area contributed by atoms with Crippen LogP contribution < -0.4 is 19.6 Å². The summed E-state index contributed by atoms with van der Waals surface area (Å²) in [4.78, 5) is 14.7. The standard InChI is InChI=1S/C64H51N5/c1-64(2,3)49-33-30-46(31-34-49)47-32-36-57-55-25-13-14-26-56(55)58-37-35-52(43-62(58)69(61(57)41-47)63-29-17-18-38-65-63)68(51-23-11-6-12-24-51)54-40-48(45-19-7-4-8-20-45)39-53(42-54)67-44-66(50-21-9-5-10-22-50)59-27-15-16-28-60(59)67/h4-43H,44H2,1-3H3. The minimum Gasteiger partial charge on any atom is -0.321 e. The van der Waals surface area contributed by atoms with Crippen LogP contribution in [0.5, 0.6) is 0 Å². The molecule has 0 fully saturated rings. The van der Waals surface area contributed by atoms with E-state index in [4.69, 9.17) is 4.98 Å². The molecule has 0 saturated heterocycles. The minimum absolute atomic E-state index is 0.0639. The van der Waals surface area contributed by atoms with Gasteiger partial charge in [-0.2, -0.15) is 0 Å². The van der Waals surface area contributed by atoms with Crippen molar-refractivity contribution in [2.75, 3.05) is 26.3 Å². The van der Waals surface area contributed by atoms with Gasteiger partial charge in [0, 0.05) is 45.8 Å². The maximum atomic E-state index is 5.09. The normalized spacial score (nSPS) is 12.7. The number of aromatic nitrogens is 1. The molecule has 5 nitrogen and oxygen atoms in total. The molecule has 0 aliphatic carbocycles. The fraction of sp³-hybridized carbons (Fsp3) is 0.0781. The van der Waals surface area contributed by atoms with E-state index in [1.54, 1.807) is 0 Å². The Hall–Kier alpha value is -8.67. The maximum Gasteiger partial charge on any atom is 0.137 e. The van der Waals surface area contributed by atoms with Gasteiger partial charge in [-0.05, 0) is 129 Å². The van der Waals surface area contributed by atoms with Crippen LogP contribution in [0.2, 0.25) is 0 Å². The van der Waals surface area contributed by atoms with Crippen molar-refractivity contribution >= 4 is 57.0 Å². The summed E-state index contributed by atoms with van der Waals surface area (Å²) in [5.41, 5.74) is 20.5. The summed E-state index contributed by atoms with van der Waals surface area (Å²) in [6.45, 7) is 7.47. The topological polar surface area (TPSA) is 25.9 Å². The van der Waals surface area contributed by atoms with E-state index in [2.05, 4.69) is 271 Å². The van der Waals surface area contributed by atoms with Crippen LogP contribution in [0.4, 0.5) is 57.0 Å². The Morgan fingerprint density at radius 2 is 0.942 bits per heavy atom. The van der Waals surface area contributed by atoms with Crippen LogP contribution in [0.15, 0.2) is 243 Å². The summed E-state index contributed by atoms with van der Waals surface area (Å²) in [5, 5.41) is 0. The molecule has 0 spiro atoms. The van der Waals surface area contributed by atoms with Crippen LogP contribution in [0.3, 0.4) is 0 Å². The number of benzene rings is 9. The summed E-state index contributed by atoms with van der Waals surface area (Å²) >= 11 is 0. The third-order valence-corrected chi connectivity index (χ3v) is 13.6. The lowest BCUT2D eigenvalue weighted by molar-refractivity contribution is 0.590. The van der Waals surface area contributed by atoms with Crippen LogP contribution in [-0.4, -0.2) is 11.7 Å². The quantitative estimate of drug-likeness (QED) is 0.151. The van der Waals surface area contributed by atoms with Gasteiger partial charge in [0.25, 0.3) is 0 Å². The Kier molecular flexibility index (Phi) is 10.4. The van der Waals surface area contributed by atoms with Crippen LogP contribution in [-0.2, 0) is 5.41 Å². The average Bonchev–Trinajstić information content (AvgIpc) is 3.74. The molecule has 0 unspecified atom stereocenters. The fourth-order valence-corrected chi connectivity index (χ4v) is 10.1. The van der Waals surface area contributed by atoms with Gasteiger partial charge >= 0.3 is 0 Å². The van der Waals surface area contributed by atoms with Crippen molar-refractivity contribution in [2.45, 2.75) is 26.2 Å². The first kappa shape index (κ1) is 41.7. The Morgan fingerprint density at radius 3 is 1.61 bits per heavy atom.